The van der Waals surface area contributed by atoms with Crippen LogP contribution in [-0.2, 0) is 0 Å². The normalized spacial score (nSPS) is 13.8. The molecule has 3 aromatic rings. The molecule has 0 radical (unpaired) electrons. The van der Waals surface area contributed by atoms with Crippen molar-refractivity contribution in [2.45, 2.75) is 0 Å². The van der Waals surface area contributed by atoms with Crippen molar-refractivity contribution in [3.05, 3.63) is 77.9 Å². The van der Waals surface area contributed by atoms with Crippen LogP contribution < -0.4 is 4.74 Å². The van der Waals surface area contributed by atoms with Gasteiger partial charge in [-0.25, -0.2) is 0 Å². The first kappa shape index (κ1) is 19.6. The lowest BCUT2D eigenvalue weighted by Crippen LogP contribution is -2.50. The number of rotatable bonds is 4. The van der Waals surface area contributed by atoms with Crippen LogP contribution in [-0.4, -0.2) is 65.1 Å². The molecular weight excluding hydrogens is 380 g/mol. The molecule has 0 bridgehead atoms. The van der Waals surface area contributed by atoms with Gasteiger partial charge in [-0.15, -0.1) is 10.2 Å². The summed E-state index contributed by atoms with van der Waals surface area (Å²) in [7, 11) is 1.54. The quantitative estimate of drug-likeness (QED) is 0.671. The van der Waals surface area contributed by atoms with Crippen LogP contribution in [0.15, 0.2) is 66.7 Å². The number of carbonyl (C=O) groups excluding carboxylic acids is 2. The topological polar surface area (TPSA) is 75.6 Å². The number of ether oxygens (including phenoxy) is 1. The number of benzene rings is 2. The zero-order valence-corrected chi connectivity index (χ0v) is 16.7. The fraction of sp³-hybridized carbons (Fsp3) is 0.217. The zero-order valence-electron chi connectivity index (χ0n) is 16.7. The average molecular weight is 402 g/mol. The summed E-state index contributed by atoms with van der Waals surface area (Å²) in [5, 5.41) is 8.13. The van der Waals surface area contributed by atoms with Crippen LogP contribution in [0, 0.1) is 0 Å². The molecule has 2 aromatic carbocycles. The average Bonchev–Trinajstić information content (AvgIpc) is 2.84. The molecule has 0 spiro atoms. The maximum absolute atomic E-state index is 13.0. The molecular formula is C23H22N4O3. The van der Waals surface area contributed by atoms with E-state index in [9.17, 15) is 9.59 Å². The van der Waals surface area contributed by atoms with Gasteiger partial charge in [0.15, 0.2) is 0 Å². The first-order chi connectivity index (χ1) is 14.7. The monoisotopic (exact) mass is 402 g/mol. The van der Waals surface area contributed by atoms with Gasteiger partial charge in [0.25, 0.3) is 11.8 Å². The molecule has 7 nitrogen and oxygen atoms in total. The maximum atomic E-state index is 13.0. The van der Waals surface area contributed by atoms with Gasteiger partial charge in [-0.2, -0.15) is 0 Å². The van der Waals surface area contributed by atoms with E-state index in [1.54, 1.807) is 21.9 Å². The molecule has 1 fully saturated rings. The molecule has 0 N–H and O–H groups in total. The highest BCUT2D eigenvalue weighted by Crippen LogP contribution is 2.20. The molecule has 152 valence electrons. The van der Waals surface area contributed by atoms with Gasteiger partial charge in [0.1, 0.15) is 0 Å². The van der Waals surface area contributed by atoms with Gasteiger partial charge in [0, 0.05) is 48.9 Å². The van der Waals surface area contributed by atoms with Crippen LogP contribution in [0.4, 0.5) is 0 Å². The highest BCUT2D eigenvalue weighted by atomic mass is 16.5. The van der Waals surface area contributed by atoms with E-state index in [4.69, 9.17) is 4.74 Å². The molecule has 0 atom stereocenters. The highest BCUT2D eigenvalue weighted by Gasteiger charge is 2.25. The first-order valence-corrected chi connectivity index (χ1v) is 9.77. The number of nitrogens with zero attached hydrogens (tertiary/aromatic N) is 4. The largest absolute Gasteiger partial charge is 0.480 e. The third-order valence-electron chi connectivity index (χ3n) is 5.13. The summed E-state index contributed by atoms with van der Waals surface area (Å²) in [4.78, 5) is 29.2. The number of methoxy groups -OCH3 is 1. The van der Waals surface area contributed by atoms with Crippen molar-refractivity contribution in [2.24, 2.45) is 0 Å². The van der Waals surface area contributed by atoms with E-state index in [0.717, 1.165) is 5.56 Å². The number of hydrogen-bond donors (Lipinski definition) is 0. The van der Waals surface area contributed by atoms with Crippen molar-refractivity contribution in [1.29, 1.82) is 0 Å². The van der Waals surface area contributed by atoms with Crippen molar-refractivity contribution in [3.8, 4) is 17.1 Å². The highest BCUT2D eigenvalue weighted by molar-refractivity contribution is 5.96. The molecule has 0 saturated carbocycles. The number of aromatic nitrogens is 2. The fourth-order valence-corrected chi connectivity index (χ4v) is 3.45. The second-order valence-corrected chi connectivity index (χ2v) is 6.99. The predicted octanol–water partition coefficient (Wildman–Crippen LogP) is 2.75. The van der Waals surface area contributed by atoms with E-state index in [1.165, 1.54) is 7.11 Å². The lowest BCUT2D eigenvalue weighted by Gasteiger charge is -2.35. The molecule has 0 aliphatic carbocycles. The standard InChI is InChI=1S/C23H22N4O3/c1-30-21-11-10-20(24-25-21)18-8-5-9-19(16-18)23(29)27-14-12-26(13-15-27)22(28)17-6-3-2-4-7-17/h2-11,16H,12-15H2,1H3. The van der Waals surface area contributed by atoms with Crippen molar-refractivity contribution < 1.29 is 14.3 Å². The Kier molecular flexibility index (Phi) is 5.70. The summed E-state index contributed by atoms with van der Waals surface area (Å²) >= 11 is 0. The van der Waals surface area contributed by atoms with E-state index in [1.807, 2.05) is 54.6 Å². The van der Waals surface area contributed by atoms with E-state index in [0.29, 0.717) is 48.9 Å². The van der Waals surface area contributed by atoms with Gasteiger partial charge in [-0.3, -0.25) is 9.59 Å². The molecule has 1 aromatic heterocycles. The fourth-order valence-electron chi connectivity index (χ4n) is 3.45. The zero-order chi connectivity index (χ0) is 20.9. The molecule has 7 heteroatoms. The van der Waals surface area contributed by atoms with E-state index in [-0.39, 0.29) is 11.8 Å². The molecule has 1 aliphatic heterocycles. The Hall–Kier alpha value is -3.74. The second-order valence-electron chi connectivity index (χ2n) is 6.99. The maximum Gasteiger partial charge on any atom is 0.253 e. The summed E-state index contributed by atoms with van der Waals surface area (Å²) in [6, 6.07) is 20.1. The minimum atomic E-state index is -0.0508. The molecule has 1 saturated heterocycles. The Morgan fingerprint density at radius 1 is 0.767 bits per heavy atom. The summed E-state index contributed by atoms with van der Waals surface area (Å²) in [5.41, 5.74) is 2.75. The molecule has 4 rings (SSSR count). The van der Waals surface area contributed by atoms with Crippen molar-refractivity contribution in [1.82, 2.24) is 20.0 Å². The van der Waals surface area contributed by atoms with Gasteiger partial charge in [0.2, 0.25) is 5.88 Å². The van der Waals surface area contributed by atoms with Gasteiger partial charge < -0.3 is 14.5 Å². The van der Waals surface area contributed by atoms with Crippen LogP contribution >= 0.6 is 0 Å². The summed E-state index contributed by atoms with van der Waals surface area (Å²) in [6.45, 7) is 2.04. The Labute approximate surface area is 174 Å². The molecule has 2 amide bonds. The Balaban J connectivity index is 1.42. The van der Waals surface area contributed by atoms with Gasteiger partial charge in [0.05, 0.1) is 12.8 Å². The van der Waals surface area contributed by atoms with Crippen LogP contribution in [0.2, 0.25) is 0 Å². The van der Waals surface area contributed by atoms with Crippen LogP contribution in [0.1, 0.15) is 20.7 Å². The number of carbonyl (C=O) groups is 2. The SMILES string of the molecule is COc1ccc(-c2cccc(C(=O)N3CCN(C(=O)c4ccccc4)CC3)c2)nn1. The molecule has 0 unspecified atom stereocenters. The third-order valence-corrected chi connectivity index (χ3v) is 5.13. The van der Waals surface area contributed by atoms with E-state index >= 15 is 0 Å². The Bertz CT molecular complexity index is 1030. The molecule has 30 heavy (non-hydrogen) atoms. The number of hydrogen-bond acceptors (Lipinski definition) is 5. The van der Waals surface area contributed by atoms with Crippen LogP contribution in [0.25, 0.3) is 11.3 Å². The van der Waals surface area contributed by atoms with Crippen molar-refractivity contribution in [2.75, 3.05) is 33.3 Å². The van der Waals surface area contributed by atoms with Crippen LogP contribution in [0.5, 0.6) is 5.88 Å². The Morgan fingerprint density at radius 2 is 1.40 bits per heavy atom. The minimum Gasteiger partial charge on any atom is -0.480 e. The third kappa shape index (κ3) is 4.15. The first-order valence-electron chi connectivity index (χ1n) is 9.77. The van der Waals surface area contributed by atoms with Gasteiger partial charge >= 0.3 is 0 Å². The van der Waals surface area contributed by atoms with Crippen LogP contribution in [0.3, 0.4) is 0 Å². The summed E-state index contributed by atoms with van der Waals surface area (Å²) in [5.74, 6) is 0.391. The second kappa shape index (κ2) is 8.73. The lowest BCUT2D eigenvalue weighted by atomic mass is 10.1. The number of amides is 2. The van der Waals surface area contributed by atoms with Crippen molar-refractivity contribution in [3.63, 3.8) is 0 Å². The predicted molar refractivity (Wildman–Crippen MR) is 112 cm³/mol. The summed E-state index contributed by atoms with van der Waals surface area (Å²) in [6.07, 6.45) is 0. The smallest absolute Gasteiger partial charge is 0.253 e. The summed E-state index contributed by atoms with van der Waals surface area (Å²) < 4.78 is 5.04. The van der Waals surface area contributed by atoms with Gasteiger partial charge in [-0.05, 0) is 30.3 Å². The lowest BCUT2D eigenvalue weighted by molar-refractivity contribution is 0.0535. The Morgan fingerprint density at radius 3 is 2.00 bits per heavy atom. The molecule has 1 aliphatic rings. The molecule has 2 heterocycles. The number of piperazine rings is 1. The minimum absolute atomic E-state index is 0.00257. The van der Waals surface area contributed by atoms with E-state index in [2.05, 4.69) is 10.2 Å². The van der Waals surface area contributed by atoms with Crippen molar-refractivity contribution >= 4 is 11.8 Å². The van der Waals surface area contributed by atoms with E-state index < -0.39 is 0 Å². The van der Waals surface area contributed by atoms with Gasteiger partial charge in [-0.1, -0.05) is 30.3 Å².